The van der Waals surface area contributed by atoms with Crippen molar-refractivity contribution in [3.63, 3.8) is 0 Å². The molecule has 0 spiro atoms. The van der Waals surface area contributed by atoms with Crippen LogP contribution in [-0.2, 0) is 4.74 Å². The van der Waals surface area contributed by atoms with Gasteiger partial charge in [0.1, 0.15) is 6.10 Å². The van der Waals surface area contributed by atoms with Gasteiger partial charge in [-0.2, -0.15) is 0 Å². The van der Waals surface area contributed by atoms with Crippen LogP contribution >= 0.6 is 0 Å². The first-order valence-corrected chi connectivity index (χ1v) is 7.83. The smallest absolute Gasteiger partial charge is 0.255 e. The molecule has 1 atom stereocenters. The third-order valence-corrected chi connectivity index (χ3v) is 4.10. The van der Waals surface area contributed by atoms with Crippen molar-refractivity contribution in [2.24, 2.45) is 0 Å². The minimum atomic E-state index is -0.246. The maximum Gasteiger partial charge on any atom is 0.255 e. The van der Waals surface area contributed by atoms with Gasteiger partial charge in [0.25, 0.3) is 5.91 Å². The van der Waals surface area contributed by atoms with Crippen molar-refractivity contribution in [3.05, 3.63) is 66.4 Å². The summed E-state index contributed by atoms with van der Waals surface area (Å²) in [5.41, 5.74) is 2.22. The average molecular weight is 320 g/mol. The lowest BCUT2D eigenvalue weighted by atomic mass is 10.1. The normalized spacial score (nSPS) is 17.8. The Balaban J connectivity index is 1.56. The van der Waals surface area contributed by atoms with Crippen molar-refractivity contribution in [1.29, 1.82) is 0 Å². The molecule has 3 heterocycles. The number of rotatable bonds is 2. The van der Waals surface area contributed by atoms with Crippen LogP contribution < -0.4 is 0 Å². The minimum Gasteiger partial charge on any atom is -0.368 e. The van der Waals surface area contributed by atoms with Gasteiger partial charge in [-0.05, 0) is 12.1 Å². The van der Waals surface area contributed by atoms with Crippen LogP contribution in [0.15, 0.2) is 55.1 Å². The molecule has 4 rings (SSSR count). The van der Waals surface area contributed by atoms with E-state index in [9.17, 15) is 4.79 Å². The van der Waals surface area contributed by atoms with Gasteiger partial charge in [0.2, 0.25) is 0 Å². The highest BCUT2D eigenvalue weighted by Gasteiger charge is 2.27. The summed E-state index contributed by atoms with van der Waals surface area (Å²) in [6, 6.07) is 9.65. The number of para-hydroxylation sites is 1. The van der Waals surface area contributed by atoms with Gasteiger partial charge in [-0.15, -0.1) is 0 Å². The molecule has 1 aliphatic rings. The van der Waals surface area contributed by atoms with Gasteiger partial charge in [-0.1, -0.05) is 18.2 Å². The first-order valence-electron chi connectivity index (χ1n) is 7.83. The summed E-state index contributed by atoms with van der Waals surface area (Å²) >= 11 is 0. The molecule has 0 N–H and O–H groups in total. The Morgan fingerprint density at radius 2 is 2.08 bits per heavy atom. The third-order valence-electron chi connectivity index (χ3n) is 4.10. The number of carbonyl (C=O) groups is 1. The molecule has 120 valence electrons. The van der Waals surface area contributed by atoms with Crippen molar-refractivity contribution < 1.29 is 9.53 Å². The maximum absolute atomic E-state index is 12.8. The molecular weight excluding hydrogens is 304 g/mol. The monoisotopic (exact) mass is 320 g/mol. The third kappa shape index (κ3) is 2.83. The summed E-state index contributed by atoms with van der Waals surface area (Å²) in [5, 5.41) is 0.960. The van der Waals surface area contributed by atoms with E-state index in [0.29, 0.717) is 25.3 Å². The van der Waals surface area contributed by atoms with Crippen LogP contribution in [0, 0.1) is 0 Å². The fourth-order valence-electron chi connectivity index (χ4n) is 2.86. The second-order valence-electron chi connectivity index (χ2n) is 5.66. The van der Waals surface area contributed by atoms with Crippen LogP contribution in [0.1, 0.15) is 22.2 Å². The zero-order valence-corrected chi connectivity index (χ0v) is 13.0. The molecule has 0 radical (unpaired) electrons. The molecule has 2 aromatic heterocycles. The number of hydrogen-bond acceptors (Lipinski definition) is 5. The zero-order valence-electron chi connectivity index (χ0n) is 13.0. The molecule has 1 aromatic carbocycles. The summed E-state index contributed by atoms with van der Waals surface area (Å²) in [5.74, 6) is -0.0366. The van der Waals surface area contributed by atoms with Gasteiger partial charge in [-0.3, -0.25) is 19.7 Å². The number of amides is 1. The molecule has 3 aromatic rings. The van der Waals surface area contributed by atoms with Crippen molar-refractivity contribution in [1.82, 2.24) is 19.9 Å². The van der Waals surface area contributed by atoms with E-state index in [0.717, 1.165) is 16.6 Å². The Kier molecular flexibility index (Phi) is 3.88. The summed E-state index contributed by atoms with van der Waals surface area (Å²) in [6.07, 6.45) is 6.32. The molecule has 0 bridgehead atoms. The van der Waals surface area contributed by atoms with Crippen molar-refractivity contribution in [2.45, 2.75) is 6.10 Å². The standard InChI is InChI=1S/C18H16N4O2/c23-18(14-9-13-3-1-2-4-15(13)21-10-14)22-7-8-24-17(12-22)16-11-19-5-6-20-16/h1-6,9-11,17H,7-8,12H2. The van der Waals surface area contributed by atoms with E-state index in [2.05, 4.69) is 15.0 Å². The van der Waals surface area contributed by atoms with E-state index >= 15 is 0 Å². The number of aromatic nitrogens is 3. The molecular formula is C18H16N4O2. The average Bonchev–Trinajstić information content (AvgIpc) is 2.68. The largest absolute Gasteiger partial charge is 0.368 e. The second kappa shape index (κ2) is 6.33. The second-order valence-corrected chi connectivity index (χ2v) is 5.66. The van der Waals surface area contributed by atoms with Crippen LogP contribution in [0.25, 0.3) is 10.9 Å². The number of morpholine rings is 1. The Hall–Kier alpha value is -2.86. The Bertz CT molecular complexity index is 869. The molecule has 1 unspecified atom stereocenters. The summed E-state index contributed by atoms with van der Waals surface area (Å²) in [7, 11) is 0. The SMILES string of the molecule is O=C(c1cnc2ccccc2c1)N1CCOC(c2cnccn2)C1. The predicted molar refractivity (Wildman–Crippen MR) is 88.4 cm³/mol. The van der Waals surface area contributed by atoms with Crippen molar-refractivity contribution in [2.75, 3.05) is 19.7 Å². The van der Waals surface area contributed by atoms with E-state index in [-0.39, 0.29) is 12.0 Å². The van der Waals surface area contributed by atoms with Crippen LogP contribution in [0.2, 0.25) is 0 Å². The lowest BCUT2D eigenvalue weighted by molar-refractivity contribution is -0.0249. The number of carbonyl (C=O) groups excluding carboxylic acids is 1. The molecule has 24 heavy (non-hydrogen) atoms. The van der Waals surface area contributed by atoms with Gasteiger partial charge < -0.3 is 9.64 Å². The molecule has 6 nitrogen and oxygen atoms in total. The van der Waals surface area contributed by atoms with E-state index in [1.54, 1.807) is 29.7 Å². The van der Waals surface area contributed by atoms with E-state index in [1.165, 1.54) is 0 Å². The number of hydrogen-bond donors (Lipinski definition) is 0. The first kappa shape index (κ1) is 14.7. The highest BCUT2D eigenvalue weighted by Crippen LogP contribution is 2.22. The summed E-state index contributed by atoms with van der Waals surface area (Å²) in [6.45, 7) is 1.50. The van der Waals surface area contributed by atoms with Crippen molar-refractivity contribution >= 4 is 16.8 Å². The highest BCUT2D eigenvalue weighted by molar-refractivity contribution is 5.97. The number of benzene rings is 1. The Labute approximate surface area is 139 Å². The van der Waals surface area contributed by atoms with Crippen LogP contribution in [0.5, 0.6) is 0 Å². The van der Waals surface area contributed by atoms with E-state index in [1.807, 2.05) is 30.3 Å². The quantitative estimate of drug-likeness (QED) is 0.724. The molecule has 0 aliphatic carbocycles. The fourth-order valence-corrected chi connectivity index (χ4v) is 2.86. The lowest BCUT2D eigenvalue weighted by Gasteiger charge is -2.32. The molecule has 1 aliphatic heterocycles. The van der Waals surface area contributed by atoms with Gasteiger partial charge in [0, 0.05) is 30.5 Å². The predicted octanol–water partition coefficient (Wildman–Crippen LogP) is 2.24. The van der Waals surface area contributed by atoms with E-state index < -0.39 is 0 Å². The maximum atomic E-state index is 12.8. The summed E-state index contributed by atoms with van der Waals surface area (Å²) < 4.78 is 5.74. The lowest BCUT2D eigenvalue weighted by Crippen LogP contribution is -2.42. The Morgan fingerprint density at radius 3 is 2.96 bits per heavy atom. The topological polar surface area (TPSA) is 68.2 Å². The number of pyridine rings is 1. The summed E-state index contributed by atoms with van der Waals surface area (Å²) in [4.78, 5) is 27.3. The van der Waals surface area contributed by atoms with Gasteiger partial charge in [0.05, 0.1) is 36.1 Å². The fraction of sp³-hybridized carbons (Fsp3) is 0.222. The van der Waals surface area contributed by atoms with Gasteiger partial charge in [0.15, 0.2) is 0 Å². The molecule has 6 heteroatoms. The molecule has 0 saturated carbocycles. The number of nitrogens with zero attached hydrogens (tertiary/aromatic N) is 4. The van der Waals surface area contributed by atoms with Crippen molar-refractivity contribution in [3.8, 4) is 0 Å². The van der Waals surface area contributed by atoms with Crippen LogP contribution in [0.3, 0.4) is 0 Å². The van der Waals surface area contributed by atoms with Crippen LogP contribution in [-0.4, -0.2) is 45.5 Å². The molecule has 1 amide bonds. The minimum absolute atomic E-state index is 0.0366. The van der Waals surface area contributed by atoms with Gasteiger partial charge >= 0.3 is 0 Å². The van der Waals surface area contributed by atoms with Gasteiger partial charge in [-0.25, -0.2) is 0 Å². The number of fused-ring (bicyclic) bond motifs is 1. The zero-order chi connectivity index (χ0) is 16.4. The first-order chi connectivity index (χ1) is 11.8. The molecule has 1 saturated heterocycles. The number of ether oxygens (including phenoxy) is 1. The van der Waals surface area contributed by atoms with E-state index in [4.69, 9.17) is 4.74 Å². The molecule has 1 fully saturated rings. The highest BCUT2D eigenvalue weighted by atomic mass is 16.5. The Morgan fingerprint density at radius 1 is 1.17 bits per heavy atom. The van der Waals surface area contributed by atoms with Crippen LogP contribution in [0.4, 0.5) is 0 Å².